The zero-order valence-corrected chi connectivity index (χ0v) is 17.6. The molecular formula is C24H29N3O4. The normalized spacial score (nSPS) is 20.2. The van der Waals surface area contributed by atoms with Crippen LogP contribution < -0.4 is 14.8 Å². The molecule has 1 saturated heterocycles. The van der Waals surface area contributed by atoms with Crippen LogP contribution in [0.1, 0.15) is 21.5 Å². The molecule has 31 heavy (non-hydrogen) atoms. The van der Waals surface area contributed by atoms with Gasteiger partial charge in [0, 0.05) is 45.3 Å². The van der Waals surface area contributed by atoms with Crippen molar-refractivity contribution >= 4 is 5.91 Å². The van der Waals surface area contributed by atoms with Crippen molar-refractivity contribution < 1.29 is 19.4 Å². The minimum atomic E-state index is -0.607. The van der Waals surface area contributed by atoms with Gasteiger partial charge < -0.3 is 24.8 Å². The quantitative estimate of drug-likeness (QED) is 0.730. The minimum absolute atomic E-state index is 0.104. The fourth-order valence-electron chi connectivity index (χ4n) is 4.44. The smallest absolute Gasteiger partial charge is 0.257 e. The third-order valence-corrected chi connectivity index (χ3v) is 6.25. The number of nitrogens with one attached hydrogen (secondary N) is 1. The zero-order valence-electron chi connectivity index (χ0n) is 17.6. The highest BCUT2D eigenvalue weighted by molar-refractivity contribution is 5.97. The average Bonchev–Trinajstić information content (AvgIpc) is 2.89. The van der Waals surface area contributed by atoms with Crippen molar-refractivity contribution in [3.63, 3.8) is 0 Å². The molecule has 0 spiro atoms. The Morgan fingerprint density at radius 1 is 1.13 bits per heavy atom. The second-order valence-corrected chi connectivity index (χ2v) is 8.56. The molecule has 1 atom stereocenters. The van der Waals surface area contributed by atoms with Gasteiger partial charge in [0.15, 0.2) is 0 Å². The number of benzene rings is 2. The first-order chi connectivity index (χ1) is 15.2. The maximum atomic E-state index is 13.1. The first-order valence-corrected chi connectivity index (χ1v) is 11.1. The molecular weight excluding hydrogens is 394 g/mol. The number of rotatable bonds is 6. The van der Waals surface area contributed by atoms with Gasteiger partial charge in [-0.2, -0.15) is 0 Å². The van der Waals surface area contributed by atoms with Gasteiger partial charge in [0.1, 0.15) is 24.2 Å². The summed E-state index contributed by atoms with van der Waals surface area (Å²) < 4.78 is 11.7. The van der Waals surface area contributed by atoms with Crippen molar-refractivity contribution in [2.45, 2.75) is 25.2 Å². The molecule has 2 N–H and O–H groups in total. The Hall–Kier alpha value is -2.61. The minimum Gasteiger partial charge on any atom is -0.491 e. The third-order valence-electron chi connectivity index (χ3n) is 6.25. The van der Waals surface area contributed by atoms with Gasteiger partial charge in [0.25, 0.3) is 5.91 Å². The first-order valence-electron chi connectivity index (χ1n) is 11.1. The Morgan fingerprint density at radius 2 is 1.97 bits per heavy atom. The van der Waals surface area contributed by atoms with E-state index in [1.165, 1.54) is 11.1 Å². The Balaban J connectivity index is 1.20. The van der Waals surface area contributed by atoms with Crippen LogP contribution >= 0.6 is 0 Å². The van der Waals surface area contributed by atoms with E-state index in [2.05, 4.69) is 34.5 Å². The van der Waals surface area contributed by atoms with Crippen LogP contribution in [0.2, 0.25) is 0 Å². The molecule has 3 aliphatic heterocycles. The van der Waals surface area contributed by atoms with Crippen molar-refractivity contribution in [1.82, 2.24) is 15.1 Å². The fourth-order valence-corrected chi connectivity index (χ4v) is 4.44. The molecule has 7 heteroatoms. The monoisotopic (exact) mass is 423 g/mol. The van der Waals surface area contributed by atoms with E-state index in [1.54, 1.807) is 17.0 Å². The summed E-state index contributed by atoms with van der Waals surface area (Å²) in [5.74, 6) is 1.17. The van der Waals surface area contributed by atoms with Crippen LogP contribution in [0.15, 0.2) is 42.5 Å². The van der Waals surface area contributed by atoms with Gasteiger partial charge in [-0.15, -0.1) is 0 Å². The number of amides is 1. The molecule has 164 valence electrons. The van der Waals surface area contributed by atoms with Gasteiger partial charge >= 0.3 is 0 Å². The van der Waals surface area contributed by atoms with Crippen LogP contribution in [-0.2, 0) is 13.0 Å². The van der Waals surface area contributed by atoms with Gasteiger partial charge in [0.05, 0.1) is 18.2 Å². The molecule has 2 aromatic carbocycles. The van der Waals surface area contributed by atoms with Crippen molar-refractivity contribution in [2.75, 3.05) is 45.9 Å². The zero-order chi connectivity index (χ0) is 21.2. The largest absolute Gasteiger partial charge is 0.491 e. The molecule has 1 fully saturated rings. The summed E-state index contributed by atoms with van der Waals surface area (Å²) in [4.78, 5) is 17.1. The second-order valence-electron chi connectivity index (χ2n) is 8.56. The molecule has 0 aliphatic carbocycles. The molecule has 7 nitrogen and oxygen atoms in total. The Labute approximate surface area is 182 Å². The highest BCUT2D eigenvalue weighted by atomic mass is 16.5. The Morgan fingerprint density at radius 3 is 2.77 bits per heavy atom. The predicted molar refractivity (Wildman–Crippen MR) is 117 cm³/mol. The maximum absolute atomic E-state index is 13.1. The molecule has 3 aliphatic rings. The van der Waals surface area contributed by atoms with E-state index in [9.17, 15) is 9.90 Å². The fraction of sp³-hybridized carbons (Fsp3) is 0.458. The molecule has 0 aromatic heterocycles. The summed E-state index contributed by atoms with van der Waals surface area (Å²) in [5.41, 5.74) is 3.24. The van der Waals surface area contributed by atoms with Crippen molar-refractivity contribution in [2.24, 2.45) is 0 Å². The average molecular weight is 424 g/mol. The number of β-amino-alcohol motifs (C(OH)–C–C–N with tert-alkyl or cyclic N) is 1. The molecule has 0 bridgehead atoms. The lowest BCUT2D eigenvalue weighted by atomic mass is 10.00. The summed E-state index contributed by atoms with van der Waals surface area (Å²) in [6.07, 6.45) is 0.561. The summed E-state index contributed by atoms with van der Waals surface area (Å²) in [5, 5.41) is 13.9. The lowest BCUT2D eigenvalue weighted by Gasteiger charge is -2.32. The van der Waals surface area contributed by atoms with Crippen molar-refractivity contribution in [1.29, 1.82) is 0 Å². The van der Waals surface area contributed by atoms with Crippen LogP contribution in [-0.4, -0.2) is 78.9 Å². The lowest BCUT2D eigenvalue weighted by Crippen LogP contribution is -2.50. The number of hydrogen-bond donors (Lipinski definition) is 2. The van der Waals surface area contributed by atoms with E-state index in [4.69, 9.17) is 9.47 Å². The lowest BCUT2D eigenvalue weighted by molar-refractivity contribution is 0.0501. The summed E-state index contributed by atoms with van der Waals surface area (Å²) in [6.45, 7) is 5.14. The molecule has 2 aromatic rings. The van der Waals surface area contributed by atoms with E-state index in [-0.39, 0.29) is 12.0 Å². The topological polar surface area (TPSA) is 74.3 Å². The summed E-state index contributed by atoms with van der Waals surface area (Å²) in [7, 11) is 0. The van der Waals surface area contributed by atoms with Crippen molar-refractivity contribution in [3.05, 3.63) is 59.2 Å². The number of nitrogens with zero attached hydrogens (tertiary/aromatic N) is 2. The van der Waals surface area contributed by atoms with Gasteiger partial charge in [-0.3, -0.25) is 9.69 Å². The first kappa shape index (κ1) is 20.3. The third kappa shape index (κ3) is 4.54. The SMILES string of the molecule is O=C1c2ccc(OC3CNC3)cc2OCCN1C[C@H](O)CN1CCc2ccccc2C1. The Bertz CT molecular complexity index is 946. The number of fused-ring (bicyclic) bond motifs is 2. The molecule has 0 radical (unpaired) electrons. The maximum Gasteiger partial charge on any atom is 0.257 e. The number of aliphatic hydroxyl groups is 1. The molecule has 0 saturated carbocycles. The highest BCUT2D eigenvalue weighted by Crippen LogP contribution is 2.29. The van der Waals surface area contributed by atoms with Crippen molar-refractivity contribution in [3.8, 4) is 11.5 Å². The van der Waals surface area contributed by atoms with Gasteiger partial charge in [0.2, 0.25) is 0 Å². The van der Waals surface area contributed by atoms with E-state index < -0.39 is 6.10 Å². The summed E-state index contributed by atoms with van der Waals surface area (Å²) in [6, 6.07) is 13.9. The number of carbonyl (C=O) groups is 1. The van der Waals surface area contributed by atoms with E-state index in [0.29, 0.717) is 37.6 Å². The number of carbonyl (C=O) groups excluding carboxylic acids is 1. The molecule has 3 heterocycles. The van der Waals surface area contributed by atoms with Crippen LogP contribution in [0.25, 0.3) is 0 Å². The Kier molecular flexibility index (Phi) is 5.80. The number of hydrogen-bond acceptors (Lipinski definition) is 6. The summed E-state index contributed by atoms with van der Waals surface area (Å²) >= 11 is 0. The van der Waals surface area contributed by atoms with Gasteiger partial charge in [-0.05, 0) is 29.7 Å². The molecule has 5 rings (SSSR count). The highest BCUT2D eigenvalue weighted by Gasteiger charge is 2.27. The van der Waals surface area contributed by atoms with Crippen LogP contribution in [0.5, 0.6) is 11.5 Å². The number of aliphatic hydroxyl groups excluding tert-OH is 1. The molecule has 0 unspecified atom stereocenters. The van der Waals surface area contributed by atoms with Crippen LogP contribution in [0.4, 0.5) is 0 Å². The van der Waals surface area contributed by atoms with Gasteiger partial charge in [-0.25, -0.2) is 0 Å². The van der Waals surface area contributed by atoms with Crippen LogP contribution in [0, 0.1) is 0 Å². The van der Waals surface area contributed by atoms with E-state index >= 15 is 0 Å². The standard InChI is InChI=1S/C24H29N3O4/c28-19(15-26-8-7-17-3-1-2-4-18(17)14-26)16-27-9-10-30-23-11-20(31-21-12-25-13-21)5-6-22(23)24(27)29/h1-6,11,19,21,25,28H,7-10,12-16H2/t19-/m1/s1. The second kappa shape index (κ2) is 8.86. The molecule has 1 amide bonds. The van der Waals surface area contributed by atoms with E-state index in [0.717, 1.165) is 38.3 Å². The number of ether oxygens (including phenoxy) is 2. The van der Waals surface area contributed by atoms with Gasteiger partial charge in [-0.1, -0.05) is 24.3 Å². The van der Waals surface area contributed by atoms with E-state index in [1.807, 2.05) is 6.07 Å². The van der Waals surface area contributed by atoms with Crippen LogP contribution in [0.3, 0.4) is 0 Å². The predicted octanol–water partition coefficient (Wildman–Crippen LogP) is 1.29.